The van der Waals surface area contributed by atoms with Crippen molar-refractivity contribution in [1.82, 2.24) is 5.06 Å². The Bertz CT molecular complexity index is 331. The van der Waals surface area contributed by atoms with Crippen LogP contribution in [0.15, 0.2) is 16.6 Å². The molecule has 0 aliphatic rings. The number of benzene rings is 1. The Balaban J connectivity index is 3.07. The third kappa shape index (κ3) is 2.67. The van der Waals surface area contributed by atoms with Crippen LogP contribution in [0.3, 0.4) is 0 Å². The Morgan fingerprint density at radius 1 is 1.57 bits per heavy atom. The number of hydroxylamine groups is 2. The Morgan fingerprint density at radius 3 is 2.71 bits per heavy atom. The van der Waals surface area contributed by atoms with E-state index in [2.05, 4.69) is 15.9 Å². The zero-order chi connectivity index (χ0) is 10.7. The normalized spacial score (nSPS) is 10.7. The van der Waals surface area contributed by atoms with Gasteiger partial charge in [-0.05, 0) is 22.0 Å². The Kier molecular flexibility index (Phi) is 3.86. The average molecular weight is 264 g/mol. The van der Waals surface area contributed by atoms with Gasteiger partial charge < -0.3 is 9.94 Å². The van der Waals surface area contributed by atoms with Crippen LogP contribution >= 0.6 is 15.9 Å². The van der Waals surface area contributed by atoms with E-state index < -0.39 is 0 Å². The quantitative estimate of drug-likeness (QED) is 0.851. The summed E-state index contributed by atoms with van der Waals surface area (Å²) in [6.07, 6.45) is 0. The molecule has 0 saturated heterocycles. The summed E-state index contributed by atoms with van der Waals surface area (Å²) in [6.45, 7) is 0.280. The minimum Gasteiger partial charge on any atom is -0.496 e. The second-order valence-corrected chi connectivity index (χ2v) is 3.75. The van der Waals surface area contributed by atoms with Crippen LogP contribution in [0, 0.1) is 5.82 Å². The fraction of sp³-hybridized carbons (Fsp3) is 0.333. The first-order chi connectivity index (χ1) is 6.54. The van der Waals surface area contributed by atoms with Gasteiger partial charge in [0.2, 0.25) is 0 Å². The molecule has 0 bridgehead atoms. The van der Waals surface area contributed by atoms with Gasteiger partial charge in [0.15, 0.2) is 0 Å². The van der Waals surface area contributed by atoms with E-state index >= 15 is 0 Å². The molecule has 78 valence electrons. The smallest absolute Gasteiger partial charge is 0.141 e. The molecule has 0 aromatic heterocycles. The van der Waals surface area contributed by atoms with Crippen LogP contribution in [0.2, 0.25) is 0 Å². The molecule has 0 atom stereocenters. The fourth-order valence-electron chi connectivity index (χ4n) is 1.13. The molecule has 14 heavy (non-hydrogen) atoms. The van der Waals surface area contributed by atoms with E-state index in [0.717, 1.165) is 5.06 Å². The van der Waals surface area contributed by atoms with Gasteiger partial charge in [-0.3, -0.25) is 0 Å². The van der Waals surface area contributed by atoms with Gasteiger partial charge in [0, 0.05) is 18.7 Å². The topological polar surface area (TPSA) is 32.7 Å². The lowest BCUT2D eigenvalue weighted by atomic mass is 10.2. The van der Waals surface area contributed by atoms with Gasteiger partial charge in [0.25, 0.3) is 0 Å². The van der Waals surface area contributed by atoms with Crippen LogP contribution in [0.25, 0.3) is 0 Å². The van der Waals surface area contributed by atoms with Crippen molar-refractivity contribution in [3.8, 4) is 5.75 Å². The zero-order valence-corrected chi connectivity index (χ0v) is 9.51. The van der Waals surface area contributed by atoms with Gasteiger partial charge in [-0.2, -0.15) is 5.06 Å². The second kappa shape index (κ2) is 4.72. The summed E-state index contributed by atoms with van der Waals surface area (Å²) in [5.41, 5.74) is 0.714. The monoisotopic (exact) mass is 263 g/mol. The lowest BCUT2D eigenvalue weighted by Crippen LogP contribution is -2.12. The largest absolute Gasteiger partial charge is 0.496 e. The van der Waals surface area contributed by atoms with E-state index in [9.17, 15) is 4.39 Å². The Labute approximate surface area is 90.2 Å². The highest BCUT2D eigenvalue weighted by Gasteiger charge is 2.09. The number of rotatable bonds is 3. The van der Waals surface area contributed by atoms with Gasteiger partial charge >= 0.3 is 0 Å². The first-order valence-electron chi connectivity index (χ1n) is 3.96. The summed E-state index contributed by atoms with van der Waals surface area (Å²) in [4.78, 5) is 0. The number of hydrogen-bond donors (Lipinski definition) is 1. The van der Waals surface area contributed by atoms with Crippen LogP contribution in [0.4, 0.5) is 4.39 Å². The van der Waals surface area contributed by atoms with Gasteiger partial charge in [0.05, 0.1) is 18.1 Å². The van der Waals surface area contributed by atoms with Gasteiger partial charge in [0.1, 0.15) is 11.6 Å². The molecule has 5 heteroatoms. The summed E-state index contributed by atoms with van der Waals surface area (Å²) in [5, 5.41) is 10.1. The molecule has 0 unspecified atom stereocenters. The summed E-state index contributed by atoms with van der Waals surface area (Å²) in [7, 11) is 2.97. The maximum absolute atomic E-state index is 13.1. The van der Waals surface area contributed by atoms with Crippen molar-refractivity contribution in [2.45, 2.75) is 6.54 Å². The molecule has 0 amide bonds. The Hall–Kier alpha value is -0.650. The molecular weight excluding hydrogens is 253 g/mol. The standard InChI is InChI=1S/C9H11BrFNO2/c1-12(13)5-6-3-7(10)8(11)4-9(6)14-2/h3-4,13H,5H2,1-2H3. The first-order valence-corrected chi connectivity index (χ1v) is 4.76. The van der Waals surface area contributed by atoms with Crippen molar-refractivity contribution >= 4 is 15.9 Å². The summed E-state index contributed by atoms with van der Waals surface area (Å²) in [6, 6.07) is 2.86. The van der Waals surface area contributed by atoms with E-state index in [1.165, 1.54) is 20.2 Å². The fourth-order valence-corrected chi connectivity index (χ4v) is 1.52. The van der Waals surface area contributed by atoms with Crippen LogP contribution in [0.5, 0.6) is 5.75 Å². The highest BCUT2D eigenvalue weighted by molar-refractivity contribution is 9.10. The van der Waals surface area contributed by atoms with Crippen LogP contribution < -0.4 is 4.74 Å². The van der Waals surface area contributed by atoms with E-state index in [4.69, 9.17) is 9.94 Å². The number of hydrogen-bond acceptors (Lipinski definition) is 3. The van der Waals surface area contributed by atoms with Gasteiger partial charge in [-0.25, -0.2) is 4.39 Å². The third-order valence-electron chi connectivity index (χ3n) is 1.72. The molecule has 0 spiro atoms. The molecule has 1 aromatic rings. The third-order valence-corrected chi connectivity index (χ3v) is 2.33. The molecule has 1 rings (SSSR count). The maximum atomic E-state index is 13.1. The molecule has 0 saturated carbocycles. The molecule has 0 radical (unpaired) electrons. The highest BCUT2D eigenvalue weighted by atomic mass is 79.9. The summed E-state index contributed by atoms with van der Waals surface area (Å²) >= 11 is 3.07. The predicted octanol–water partition coefficient (Wildman–Crippen LogP) is 2.42. The van der Waals surface area contributed by atoms with E-state index in [0.29, 0.717) is 15.8 Å². The van der Waals surface area contributed by atoms with Crippen molar-refractivity contribution in [2.24, 2.45) is 0 Å². The molecule has 0 heterocycles. The zero-order valence-electron chi connectivity index (χ0n) is 7.92. The van der Waals surface area contributed by atoms with Gasteiger partial charge in [-0.15, -0.1) is 0 Å². The van der Waals surface area contributed by atoms with Crippen molar-refractivity contribution in [3.63, 3.8) is 0 Å². The van der Waals surface area contributed by atoms with Crippen molar-refractivity contribution in [3.05, 3.63) is 28.0 Å². The lowest BCUT2D eigenvalue weighted by molar-refractivity contribution is -0.0735. The van der Waals surface area contributed by atoms with Crippen LogP contribution in [0.1, 0.15) is 5.56 Å². The Morgan fingerprint density at radius 2 is 2.21 bits per heavy atom. The number of halogens is 2. The van der Waals surface area contributed by atoms with Crippen LogP contribution in [-0.4, -0.2) is 24.4 Å². The molecular formula is C9H11BrFNO2. The number of nitrogens with zero attached hydrogens (tertiary/aromatic N) is 1. The SMILES string of the molecule is COc1cc(F)c(Br)cc1CN(C)O. The second-order valence-electron chi connectivity index (χ2n) is 2.89. The number of methoxy groups -OCH3 is 1. The molecule has 0 fully saturated rings. The predicted molar refractivity (Wildman–Crippen MR) is 53.9 cm³/mol. The first kappa shape index (κ1) is 11.4. The van der Waals surface area contributed by atoms with E-state index in [1.807, 2.05) is 0 Å². The molecule has 1 N–H and O–H groups in total. The van der Waals surface area contributed by atoms with Crippen LogP contribution in [-0.2, 0) is 6.54 Å². The van der Waals surface area contributed by atoms with E-state index in [-0.39, 0.29) is 12.4 Å². The number of ether oxygens (including phenoxy) is 1. The van der Waals surface area contributed by atoms with Crippen molar-refractivity contribution in [1.29, 1.82) is 0 Å². The summed E-state index contributed by atoms with van der Waals surface area (Å²) in [5.74, 6) is 0.0396. The van der Waals surface area contributed by atoms with Gasteiger partial charge in [-0.1, -0.05) is 0 Å². The van der Waals surface area contributed by atoms with Crippen molar-refractivity contribution < 1.29 is 14.3 Å². The maximum Gasteiger partial charge on any atom is 0.141 e. The summed E-state index contributed by atoms with van der Waals surface area (Å²) < 4.78 is 18.4. The molecule has 3 nitrogen and oxygen atoms in total. The molecule has 1 aromatic carbocycles. The minimum absolute atomic E-state index is 0.280. The lowest BCUT2D eigenvalue weighted by Gasteiger charge is -2.12. The molecule has 0 aliphatic carbocycles. The highest BCUT2D eigenvalue weighted by Crippen LogP contribution is 2.26. The minimum atomic E-state index is -0.383. The molecule has 0 aliphatic heterocycles. The average Bonchev–Trinajstić information content (AvgIpc) is 2.10. The van der Waals surface area contributed by atoms with Crippen molar-refractivity contribution in [2.75, 3.05) is 14.2 Å². The van der Waals surface area contributed by atoms with E-state index in [1.54, 1.807) is 6.07 Å².